The summed E-state index contributed by atoms with van der Waals surface area (Å²) in [4.78, 5) is 27.9. The molecule has 9 nitrogen and oxygen atoms in total. The van der Waals surface area contributed by atoms with Crippen LogP contribution < -0.4 is 11.0 Å². The Hall–Kier alpha value is -2.59. The van der Waals surface area contributed by atoms with Crippen LogP contribution >= 0.6 is 0 Å². The first-order chi connectivity index (χ1) is 12.0. The third-order valence-corrected chi connectivity index (χ3v) is 3.90. The van der Waals surface area contributed by atoms with Crippen LogP contribution in [0.25, 0.3) is 0 Å². The van der Waals surface area contributed by atoms with Gasteiger partial charge in [-0.3, -0.25) is 9.36 Å². The van der Waals surface area contributed by atoms with Crippen molar-refractivity contribution < 1.29 is 24.9 Å². The second-order valence-electron chi connectivity index (χ2n) is 5.55. The Morgan fingerprint density at radius 3 is 2.52 bits per heavy atom. The smallest absolute Gasteiger partial charge is 0.351 e. The van der Waals surface area contributed by atoms with Crippen LogP contribution in [0.3, 0.4) is 0 Å². The number of aliphatic hydroxyl groups is 3. The first kappa shape index (κ1) is 17.2. The van der Waals surface area contributed by atoms with Crippen LogP contribution in [0.2, 0.25) is 0 Å². The quantitative estimate of drug-likeness (QED) is 0.563. The van der Waals surface area contributed by atoms with E-state index in [2.05, 4.69) is 10.3 Å². The van der Waals surface area contributed by atoms with Crippen molar-refractivity contribution in [2.24, 2.45) is 0 Å². The lowest BCUT2D eigenvalue weighted by Crippen LogP contribution is -2.36. The van der Waals surface area contributed by atoms with E-state index >= 15 is 0 Å². The number of hydrogen-bond acceptors (Lipinski definition) is 7. The topological polar surface area (TPSA) is 134 Å². The number of anilines is 1. The Balaban J connectivity index is 1.78. The second kappa shape index (κ2) is 7.11. The highest BCUT2D eigenvalue weighted by Crippen LogP contribution is 2.28. The van der Waals surface area contributed by atoms with Crippen LogP contribution in [0.15, 0.2) is 47.4 Å². The highest BCUT2D eigenvalue weighted by Gasteiger charge is 2.43. The Bertz CT molecular complexity index is 809. The molecular weight excluding hydrogens is 330 g/mol. The van der Waals surface area contributed by atoms with Crippen molar-refractivity contribution >= 4 is 11.7 Å². The van der Waals surface area contributed by atoms with Crippen molar-refractivity contribution in [2.45, 2.75) is 24.5 Å². The molecule has 3 rings (SSSR count). The van der Waals surface area contributed by atoms with E-state index < -0.39 is 42.7 Å². The Morgan fingerprint density at radius 1 is 1.20 bits per heavy atom. The number of rotatable bonds is 4. The molecule has 4 atom stereocenters. The number of carbonyl (C=O) groups is 1. The number of nitrogens with one attached hydrogen (secondary N) is 1. The minimum Gasteiger partial charge on any atom is -0.394 e. The number of nitrogens with zero attached hydrogens (tertiary/aromatic N) is 2. The fraction of sp³-hybridized carbons (Fsp3) is 0.312. The van der Waals surface area contributed by atoms with Crippen molar-refractivity contribution in [3.05, 3.63) is 58.6 Å². The summed E-state index contributed by atoms with van der Waals surface area (Å²) < 4.78 is 6.27. The molecule has 132 valence electrons. The van der Waals surface area contributed by atoms with Gasteiger partial charge in [-0.1, -0.05) is 18.2 Å². The minimum atomic E-state index is -1.39. The van der Waals surface area contributed by atoms with Gasteiger partial charge in [0.15, 0.2) is 6.23 Å². The van der Waals surface area contributed by atoms with Gasteiger partial charge in [0.2, 0.25) is 0 Å². The molecule has 0 bridgehead atoms. The minimum absolute atomic E-state index is 0.0434. The molecule has 9 heteroatoms. The molecule has 1 fully saturated rings. The molecule has 1 aliphatic heterocycles. The molecule has 2 aromatic rings. The molecule has 25 heavy (non-hydrogen) atoms. The van der Waals surface area contributed by atoms with Gasteiger partial charge in [-0.25, -0.2) is 4.79 Å². The van der Waals surface area contributed by atoms with Crippen molar-refractivity contribution in [3.8, 4) is 0 Å². The third kappa shape index (κ3) is 3.44. The summed E-state index contributed by atoms with van der Waals surface area (Å²) in [5.41, 5.74) is -0.363. The molecule has 1 aliphatic rings. The van der Waals surface area contributed by atoms with Crippen LogP contribution in [0.5, 0.6) is 0 Å². The van der Waals surface area contributed by atoms with Gasteiger partial charge < -0.3 is 25.4 Å². The SMILES string of the molecule is O=C(Nc1ccn([C@@H]2O[C@H](CO)[C@H](O)[C@@H]2O)c(=O)n1)c1ccccc1. The molecule has 2 heterocycles. The maximum atomic E-state index is 12.2. The average Bonchev–Trinajstić information content (AvgIpc) is 2.91. The van der Waals surface area contributed by atoms with Gasteiger partial charge >= 0.3 is 5.69 Å². The third-order valence-electron chi connectivity index (χ3n) is 3.90. The fourth-order valence-electron chi connectivity index (χ4n) is 2.56. The van der Waals surface area contributed by atoms with Gasteiger partial charge in [0, 0.05) is 11.8 Å². The van der Waals surface area contributed by atoms with Gasteiger partial charge in [-0.15, -0.1) is 0 Å². The lowest BCUT2D eigenvalue weighted by molar-refractivity contribution is -0.0549. The number of benzene rings is 1. The van der Waals surface area contributed by atoms with Crippen molar-refractivity contribution in [2.75, 3.05) is 11.9 Å². The van der Waals surface area contributed by atoms with E-state index in [-0.39, 0.29) is 5.82 Å². The first-order valence-electron chi connectivity index (χ1n) is 7.59. The average molecular weight is 347 g/mol. The summed E-state index contributed by atoms with van der Waals surface area (Å²) in [6, 6.07) is 9.81. The van der Waals surface area contributed by atoms with Crippen LogP contribution in [0.1, 0.15) is 16.6 Å². The number of amides is 1. The zero-order valence-corrected chi connectivity index (χ0v) is 13.0. The lowest BCUT2D eigenvalue weighted by atomic mass is 10.1. The monoisotopic (exact) mass is 347 g/mol. The van der Waals surface area contributed by atoms with Gasteiger partial charge in [0.1, 0.15) is 24.1 Å². The number of carbonyl (C=O) groups excluding carboxylic acids is 1. The van der Waals surface area contributed by atoms with Crippen molar-refractivity contribution in [3.63, 3.8) is 0 Å². The first-order valence-corrected chi connectivity index (χ1v) is 7.59. The lowest BCUT2D eigenvalue weighted by Gasteiger charge is -2.17. The van der Waals surface area contributed by atoms with Gasteiger partial charge in [-0.2, -0.15) is 4.98 Å². The van der Waals surface area contributed by atoms with E-state index in [1.807, 2.05) is 0 Å². The van der Waals surface area contributed by atoms with Crippen LogP contribution in [-0.2, 0) is 4.74 Å². The van der Waals surface area contributed by atoms with Gasteiger partial charge in [0.25, 0.3) is 5.91 Å². The summed E-state index contributed by atoms with van der Waals surface area (Å²) in [6.07, 6.45) is -3.59. The van der Waals surface area contributed by atoms with E-state index in [1.54, 1.807) is 30.3 Å². The van der Waals surface area contributed by atoms with Crippen LogP contribution in [0, 0.1) is 0 Å². The van der Waals surface area contributed by atoms with Gasteiger partial charge in [0.05, 0.1) is 6.61 Å². The normalized spacial score (nSPS) is 25.7. The predicted molar refractivity (Wildman–Crippen MR) is 85.9 cm³/mol. The van der Waals surface area contributed by atoms with E-state index in [4.69, 9.17) is 9.84 Å². The summed E-state index contributed by atoms with van der Waals surface area (Å²) in [5, 5.41) is 31.3. The summed E-state index contributed by atoms with van der Waals surface area (Å²) in [7, 11) is 0. The van der Waals surface area contributed by atoms with Crippen molar-refractivity contribution in [1.82, 2.24) is 9.55 Å². The number of ether oxygens (including phenoxy) is 1. The standard InChI is InChI=1S/C16H17N3O6/c20-8-10-12(21)13(22)15(25-10)19-7-6-11(18-16(19)24)17-14(23)9-4-2-1-3-5-9/h1-7,10,12-13,15,20-22H,8H2,(H,17,18,23,24)/t10-,12+,13+,15-/m1/s1. The summed E-state index contributed by atoms with van der Waals surface area (Å²) >= 11 is 0. The summed E-state index contributed by atoms with van der Waals surface area (Å²) in [6.45, 7) is -0.498. The molecule has 0 unspecified atom stereocenters. The number of aliphatic hydroxyl groups excluding tert-OH is 3. The van der Waals surface area contributed by atoms with E-state index in [9.17, 15) is 19.8 Å². The highest BCUT2D eigenvalue weighted by molar-refractivity contribution is 6.03. The Labute approximate surface area is 142 Å². The molecular formula is C16H17N3O6. The largest absolute Gasteiger partial charge is 0.394 e. The number of aromatic nitrogens is 2. The molecule has 1 aromatic carbocycles. The maximum Gasteiger partial charge on any atom is 0.351 e. The highest BCUT2D eigenvalue weighted by atomic mass is 16.6. The molecule has 4 N–H and O–H groups in total. The maximum absolute atomic E-state index is 12.2. The second-order valence-corrected chi connectivity index (χ2v) is 5.55. The zero-order chi connectivity index (χ0) is 18.0. The Kier molecular flexibility index (Phi) is 4.91. The molecule has 0 spiro atoms. The van der Waals surface area contributed by atoms with Crippen LogP contribution in [0.4, 0.5) is 5.82 Å². The van der Waals surface area contributed by atoms with Gasteiger partial charge in [-0.05, 0) is 18.2 Å². The van der Waals surface area contributed by atoms with Crippen LogP contribution in [-0.4, -0.2) is 55.7 Å². The molecule has 0 saturated carbocycles. The molecule has 0 aliphatic carbocycles. The molecule has 1 saturated heterocycles. The molecule has 1 aromatic heterocycles. The molecule has 0 radical (unpaired) electrons. The van der Waals surface area contributed by atoms with E-state index in [0.717, 1.165) is 4.57 Å². The number of hydrogen-bond donors (Lipinski definition) is 4. The fourth-order valence-corrected chi connectivity index (χ4v) is 2.56. The van der Waals surface area contributed by atoms with Crippen molar-refractivity contribution in [1.29, 1.82) is 0 Å². The summed E-state index contributed by atoms with van der Waals surface area (Å²) in [5.74, 6) is -0.375. The van der Waals surface area contributed by atoms with E-state index in [0.29, 0.717) is 5.56 Å². The zero-order valence-electron chi connectivity index (χ0n) is 13.0. The molecule has 1 amide bonds. The predicted octanol–water partition coefficient (Wildman–Crippen LogP) is -0.893. The Morgan fingerprint density at radius 2 is 1.92 bits per heavy atom. The van der Waals surface area contributed by atoms with E-state index in [1.165, 1.54) is 12.3 Å².